The van der Waals surface area contributed by atoms with E-state index in [1.165, 1.54) is 16.8 Å². The van der Waals surface area contributed by atoms with Gasteiger partial charge in [-0.3, -0.25) is 9.59 Å². The summed E-state index contributed by atoms with van der Waals surface area (Å²) >= 11 is 0. The third-order valence-corrected chi connectivity index (χ3v) is 5.60. The number of Topliss-reactive ketones (excluding diaryl/α,β-unsaturated/α-hetero) is 2. The molecule has 0 fully saturated rings. The molecule has 1 heterocycles. The Morgan fingerprint density at radius 1 is 0.893 bits per heavy atom. The molecule has 140 valence electrons. The van der Waals surface area contributed by atoms with Crippen LogP contribution in [0, 0.1) is 20.8 Å². The number of ketones is 2. The van der Waals surface area contributed by atoms with Crippen LogP contribution in [0.25, 0.3) is 11.8 Å². The lowest BCUT2D eigenvalue weighted by Crippen LogP contribution is -2.05. The zero-order valence-corrected chi connectivity index (χ0v) is 16.7. The average Bonchev–Trinajstić information content (AvgIpc) is 3.10. The van der Waals surface area contributed by atoms with Gasteiger partial charge in [0.2, 0.25) is 0 Å². The fourth-order valence-electron chi connectivity index (χ4n) is 4.16. The Labute approximate surface area is 165 Å². The lowest BCUT2D eigenvalue weighted by atomic mass is 10.0. The summed E-state index contributed by atoms with van der Waals surface area (Å²) in [6, 6.07) is 15.4. The van der Waals surface area contributed by atoms with Crippen LogP contribution in [0.5, 0.6) is 0 Å². The van der Waals surface area contributed by atoms with Gasteiger partial charge >= 0.3 is 0 Å². The molecule has 0 radical (unpaired) electrons. The minimum absolute atomic E-state index is 0.185. The standard InChI is InChI=1S/C25H23NO2/c1-5-18-10-8-9-15(2)23(18)26-16(3)13-19(17(26)4)14-22-24(27)20-11-6-7-12-21(20)25(22)28/h6-14H,5H2,1-4H3. The molecule has 0 saturated heterocycles. The number of carbonyl (C=O) groups is 2. The van der Waals surface area contributed by atoms with E-state index in [9.17, 15) is 9.59 Å². The molecule has 3 aromatic rings. The van der Waals surface area contributed by atoms with E-state index < -0.39 is 0 Å². The Balaban J connectivity index is 1.86. The number of para-hydroxylation sites is 1. The van der Waals surface area contributed by atoms with Crippen LogP contribution < -0.4 is 0 Å². The van der Waals surface area contributed by atoms with Gasteiger partial charge in [-0.25, -0.2) is 0 Å². The van der Waals surface area contributed by atoms with Gasteiger partial charge in [0.1, 0.15) is 0 Å². The molecule has 1 aliphatic carbocycles. The number of hydrogen-bond donors (Lipinski definition) is 0. The zero-order chi connectivity index (χ0) is 20.0. The van der Waals surface area contributed by atoms with Crippen molar-refractivity contribution in [2.45, 2.75) is 34.1 Å². The molecule has 0 aliphatic heterocycles. The quantitative estimate of drug-likeness (QED) is 0.456. The first-order chi connectivity index (χ1) is 13.4. The van der Waals surface area contributed by atoms with Crippen molar-refractivity contribution >= 4 is 17.6 Å². The van der Waals surface area contributed by atoms with Crippen molar-refractivity contribution in [3.63, 3.8) is 0 Å². The van der Waals surface area contributed by atoms with E-state index in [1.807, 2.05) is 6.92 Å². The number of rotatable bonds is 3. The van der Waals surface area contributed by atoms with Crippen molar-refractivity contribution in [2.75, 3.05) is 0 Å². The predicted octanol–water partition coefficient (Wildman–Crippen LogP) is 5.43. The van der Waals surface area contributed by atoms with Crippen LogP contribution in [-0.2, 0) is 6.42 Å². The molecule has 2 aromatic carbocycles. The maximum absolute atomic E-state index is 12.7. The monoisotopic (exact) mass is 369 g/mol. The van der Waals surface area contributed by atoms with Gasteiger partial charge in [-0.15, -0.1) is 0 Å². The van der Waals surface area contributed by atoms with E-state index >= 15 is 0 Å². The first-order valence-electron chi connectivity index (χ1n) is 9.62. The van der Waals surface area contributed by atoms with Crippen molar-refractivity contribution in [1.29, 1.82) is 0 Å². The highest BCUT2D eigenvalue weighted by molar-refractivity contribution is 6.41. The average molecular weight is 369 g/mol. The molecular weight excluding hydrogens is 346 g/mol. The lowest BCUT2D eigenvalue weighted by molar-refractivity contribution is 0.0990. The van der Waals surface area contributed by atoms with Crippen LogP contribution in [0.3, 0.4) is 0 Å². The number of carbonyl (C=O) groups excluding carboxylic acids is 2. The first-order valence-corrected chi connectivity index (χ1v) is 9.62. The van der Waals surface area contributed by atoms with Crippen LogP contribution in [0.4, 0.5) is 0 Å². The fourth-order valence-corrected chi connectivity index (χ4v) is 4.16. The number of allylic oxidation sites excluding steroid dienone is 1. The topological polar surface area (TPSA) is 39.1 Å². The highest BCUT2D eigenvalue weighted by Gasteiger charge is 2.32. The van der Waals surface area contributed by atoms with Crippen LogP contribution in [0.2, 0.25) is 0 Å². The highest BCUT2D eigenvalue weighted by Crippen LogP contribution is 2.31. The molecule has 0 unspecified atom stereocenters. The van der Waals surface area contributed by atoms with E-state index in [-0.39, 0.29) is 17.1 Å². The van der Waals surface area contributed by atoms with Gasteiger partial charge in [0.05, 0.1) is 11.3 Å². The van der Waals surface area contributed by atoms with Crippen LogP contribution in [-0.4, -0.2) is 16.1 Å². The Kier molecular flexibility index (Phi) is 4.38. The molecule has 1 aromatic heterocycles. The van der Waals surface area contributed by atoms with Gasteiger partial charge in [0.25, 0.3) is 0 Å². The normalized spacial score (nSPS) is 13.2. The summed E-state index contributed by atoms with van der Waals surface area (Å²) in [4.78, 5) is 25.5. The molecule has 1 aliphatic rings. The van der Waals surface area contributed by atoms with E-state index in [0.717, 1.165) is 23.4 Å². The molecule has 0 N–H and O–H groups in total. The Morgan fingerprint density at radius 2 is 1.54 bits per heavy atom. The summed E-state index contributed by atoms with van der Waals surface area (Å²) in [5, 5.41) is 0. The molecular formula is C25H23NO2. The third kappa shape index (κ3) is 2.66. The molecule has 0 atom stereocenters. The molecule has 3 nitrogen and oxygen atoms in total. The van der Waals surface area contributed by atoms with Gasteiger partial charge in [-0.1, -0.05) is 49.4 Å². The van der Waals surface area contributed by atoms with Gasteiger partial charge in [0, 0.05) is 22.5 Å². The van der Waals surface area contributed by atoms with Crippen molar-refractivity contribution in [3.05, 3.63) is 93.3 Å². The number of aromatic nitrogens is 1. The summed E-state index contributed by atoms with van der Waals surface area (Å²) in [7, 11) is 0. The van der Waals surface area contributed by atoms with Crippen molar-refractivity contribution < 1.29 is 9.59 Å². The largest absolute Gasteiger partial charge is 0.317 e. The second-order valence-electron chi connectivity index (χ2n) is 7.36. The SMILES string of the molecule is CCc1cccc(C)c1-n1c(C)cc(C=C2C(=O)c3ccccc3C2=O)c1C. The summed E-state index contributed by atoms with van der Waals surface area (Å²) in [6.45, 7) is 8.38. The van der Waals surface area contributed by atoms with Crippen LogP contribution in [0.1, 0.15) is 55.7 Å². The molecule has 4 rings (SSSR count). The number of nitrogens with zero attached hydrogens (tertiary/aromatic N) is 1. The number of fused-ring (bicyclic) bond motifs is 1. The van der Waals surface area contributed by atoms with E-state index in [4.69, 9.17) is 0 Å². The Bertz CT molecular complexity index is 1120. The van der Waals surface area contributed by atoms with Gasteiger partial charge in [0.15, 0.2) is 11.6 Å². The zero-order valence-electron chi connectivity index (χ0n) is 16.7. The predicted molar refractivity (Wildman–Crippen MR) is 112 cm³/mol. The van der Waals surface area contributed by atoms with Gasteiger partial charge in [-0.2, -0.15) is 0 Å². The molecule has 28 heavy (non-hydrogen) atoms. The summed E-state index contributed by atoms with van der Waals surface area (Å²) < 4.78 is 2.23. The molecule has 0 amide bonds. The van der Waals surface area contributed by atoms with Crippen molar-refractivity contribution in [3.8, 4) is 5.69 Å². The maximum Gasteiger partial charge on any atom is 0.197 e. The third-order valence-electron chi connectivity index (χ3n) is 5.60. The number of hydrogen-bond acceptors (Lipinski definition) is 2. The number of benzene rings is 2. The van der Waals surface area contributed by atoms with Crippen LogP contribution >= 0.6 is 0 Å². The minimum Gasteiger partial charge on any atom is -0.317 e. The fraction of sp³-hybridized carbons (Fsp3) is 0.200. The first kappa shape index (κ1) is 18.2. The number of aryl methyl sites for hydroxylation is 3. The van der Waals surface area contributed by atoms with Crippen LogP contribution in [0.15, 0.2) is 54.1 Å². The highest BCUT2D eigenvalue weighted by atomic mass is 16.2. The van der Waals surface area contributed by atoms with Gasteiger partial charge in [-0.05, 0) is 56.0 Å². The minimum atomic E-state index is -0.185. The summed E-state index contributed by atoms with van der Waals surface area (Å²) in [6.07, 6.45) is 2.70. The Hall–Kier alpha value is -3.20. The van der Waals surface area contributed by atoms with E-state index in [0.29, 0.717) is 11.1 Å². The summed E-state index contributed by atoms with van der Waals surface area (Å²) in [5.74, 6) is -0.369. The summed E-state index contributed by atoms with van der Waals surface area (Å²) in [5.41, 5.74) is 7.96. The van der Waals surface area contributed by atoms with E-state index in [1.54, 1.807) is 30.3 Å². The smallest absolute Gasteiger partial charge is 0.197 e. The van der Waals surface area contributed by atoms with Gasteiger partial charge < -0.3 is 4.57 Å². The van der Waals surface area contributed by atoms with Crippen molar-refractivity contribution in [1.82, 2.24) is 4.57 Å². The molecule has 0 spiro atoms. The molecule has 3 heteroatoms. The molecule has 0 bridgehead atoms. The second kappa shape index (κ2) is 6.75. The Morgan fingerprint density at radius 3 is 2.14 bits per heavy atom. The van der Waals surface area contributed by atoms with E-state index in [2.05, 4.69) is 49.6 Å². The maximum atomic E-state index is 12.7. The lowest BCUT2D eigenvalue weighted by Gasteiger charge is -2.17. The molecule has 0 saturated carbocycles. The second-order valence-corrected chi connectivity index (χ2v) is 7.36. The van der Waals surface area contributed by atoms with Crippen molar-refractivity contribution in [2.24, 2.45) is 0 Å².